The quantitative estimate of drug-likeness (QED) is 0.466. The van der Waals surface area contributed by atoms with Gasteiger partial charge < -0.3 is 14.5 Å². The van der Waals surface area contributed by atoms with Crippen LogP contribution in [-0.2, 0) is 0 Å². The SMILES string of the molecule is COc1cc(-c2nc3ccccc3c(=O)[nH]2)ccc1Oc1ccc(Cl)cc1Cl. The highest BCUT2D eigenvalue weighted by atomic mass is 35.5. The summed E-state index contributed by atoms with van der Waals surface area (Å²) in [5, 5.41) is 1.45. The minimum absolute atomic E-state index is 0.201. The number of aromatic amines is 1. The third-order valence-electron chi connectivity index (χ3n) is 4.16. The van der Waals surface area contributed by atoms with Crippen LogP contribution < -0.4 is 15.0 Å². The van der Waals surface area contributed by atoms with Crippen molar-refractivity contribution in [1.29, 1.82) is 0 Å². The molecule has 0 fully saturated rings. The second kappa shape index (κ2) is 7.54. The molecule has 0 unspecified atom stereocenters. The third-order valence-corrected chi connectivity index (χ3v) is 4.69. The van der Waals surface area contributed by atoms with Gasteiger partial charge >= 0.3 is 0 Å². The topological polar surface area (TPSA) is 64.2 Å². The van der Waals surface area contributed by atoms with E-state index in [1.807, 2.05) is 6.07 Å². The van der Waals surface area contributed by atoms with E-state index in [1.165, 1.54) is 7.11 Å². The molecule has 7 heteroatoms. The largest absolute Gasteiger partial charge is 0.493 e. The number of hydrogen-bond donors (Lipinski definition) is 1. The van der Waals surface area contributed by atoms with Crippen LogP contribution in [0.1, 0.15) is 0 Å². The summed E-state index contributed by atoms with van der Waals surface area (Å²) < 4.78 is 11.3. The van der Waals surface area contributed by atoms with Crippen molar-refractivity contribution in [2.24, 2.45) is 0 Å². The van der Waals surface area contributed by atoms with E-state index in [4.69, 9.17) is 32.7 Å². The molecule has 4 aromatic rings. The molecule has 1 N–H and O–H groups in total. The van der Waals surface area contributed by atoms with Gasteiger partial charge in [-0.2, -0.15) is 0 Å². The summed E-state index contributed by atoms with van der Waals surface area (Å²) in [6, 6.07) is 17.4. The molecule has 28 heavy (non-hydrogen) atoms. The van der Waals surface area contributed by atoms with Gasteiger partial charge in [0.05, 0.1) is 23.0 Å². The number of hydrogen-bond acceptors (Lipinski definition) is 4. The van der Waals surface area contributed by atoms with E-state index in [1.54, 1.807) is 54.6 Å². The molecule has 0 aliphatic heterocycles. The highest BCUT2D eigenvalue weighted by Crippen LogP contribution is 2.37. The number of nitrogens with one attached hydrogen (secondary N) is 1. The number of aromatic nitrogens is 2. The molecule has 0 bridgehead atoms. The fourth-order valence-corrected chi connectivity index (χ4v) is 3.25. The number of methoxy groups -OCH3 is 1. The number of ether oxygens (including phenoxy) is 2. The molecule has 0 amide bonds. The summed E-state index contributed by atoms with van der Waals surface area (Å²) in [6.45, 7) is 0. The van der Waals surface area contributed by atoms with Gasteiger partial charge in [-0.1, -0.05) is 35.3 Å². The van der Waals surface area contributed by atoms with Crippen LogP contribution in [0.4, 0.5) is 0 Å². The van der Waals surface area contributed by atoms with Crippen LogP contribution in [0.5, 0.6) is 17.2 Å². The highest BCUT2D eigenvalue weighted by Gasteiger charge is 2.12. The molecule has 0 saturated carbocycles. The summed E-state index contributed by atoms with van der Waals surface area (Å²) >= 11 is 12.1. The molecule has 4 rings (SSSR count). The molecule has 0 saturated heterocycles. The fourth-order valence-electron chi connectivity index (χ4n) is 2.80. The number of halogens is 2. The minimum atomic E-state index is -0.201. The van der Waals surface area contributed by atoms with Crippen molar-refractivity contribution in [2.45, 2.75) is 0 Å². The first-order valence-corrected chi connectivity index (χ1v) is 9.11. The molecule has 5 nitrogen and oxygen atoms in total. The van der Waals surface area contributed by atoms with Crippen molar-refractivity contribution in [3.8, 4) is 28.6 Å². The number of para-hydroxylation sites is 1. The molecule has 1 aromatic heterocycles. The zero-order chi connectivity index (χ0) is 19.7. The Kier molecular flexibility index (Phi) is 4.94. The maximum absolute atomic E-state index is 12.3. The van der Waals surface area contributed by atoms with Gasteiger partial charge in [-0.3, -0.25) is 4.79 Å². The Hall–Kier alpha value is -3.02. The second-order valence-electron chi connectivity index (χ2n) is 5.97. The fraction of sp³-hybridized carbons (Fsp3) is 0.0476. The van der Waals surface area contributed by atoms with E-state index < -0.39 is 0 Å². The molecule has 0 aliphatic rings. The monoisotopic (exact) mass is 412 g/mol. The second-order valence-corrected chi connectivity index (χ2v) is 6.82. The Balaban J connectivity index is 1.74. The van der Waals surface area contributed by atoms with Crippen LogP contribution in [0.3, 0.4) is 0 Å². The van der Waals surface area contributed by atoms with Gasteiger partial charge in [-0.25, -0.2) is 4.98 Å². The van der Waals surface area contributed by atoms with Crippen LogP contribution in [0.25, 0.3) is 22.3 Å². The van der Waals surface area contributed by atoms with Crippen molar-refractivity contribution in [3.63, 3.8) is 0 Å². The Morgan fingerprint density at radius 2 is 1.71 bits per heavy atom. The first-order chi connectivity index (χ1) is 13.5. The third kappa shape index (κ3) is 3.54. The zero-order valence-electron chi connectivity index (χ0n) is 14.7. The molecule has 1 heterocycles. The van der Waals surface area contributed by atoms with Crippen LogP contribution in [-0.4, -0.2) is 17.1 Å². The van der Waals surface area contributed by atoms with E-state index in [0.29, 0.717) is 49.6 Å². The minimum Gasteiger partial charge on any atom is -0.493 e. The standard InChI is InChI=1S/C21H14Cl2N2O3/c1-27-19-10-12(20-24-16-5-3-2-4-14(16)21(26)25-20)6-8-18(19)28-17-9-7-13(22)11-15(17)23/h2-11H,1H3,(H,24,25,26). The van der Waals surface area contributed by atoms with E-state index in [2.05, 4.69) is 9.97 Å². The van der Waals surface area contributed by atoms with Crippen LogP contribution in [0, 0.1) is 0 Å². The maximum atomic E-state index is 12.3. The Bertz CT molecular complexity index is 1240. The number of nitrogens with zero attached hydrogens (tertiary/aromatic N) is 1. The van der Waals surface area contributed by atoms with Gasteiger partial charge in [-0.05, 0) is 48.5 Å². The van der Waals surface area contributed by atoms with Gasteiger partial charge in [0.2, 0.25) is 0 Å². The molecule has 0 aliphatic carbocycles. The Labute approximate surface area is 170 Å². The molecule has 0 atom stereocenters. The van der Waals surface area contributed by atoms with Gasteiger partial charge in [0.15, 0.2) is 11.5 Å². The Morgan fingerprint density at radius 3 is 2.50 bits per heavy atom. The summed E-state index contributed by atoms with van der Waals surface area (Å²) in [6.07, 6.45) is 0. The number of benzene rings is 3. The lowest BCUT2D eigenvalue weighted by Crippen LogP contribution is -2.09. The van der Waals surface area contributed by atoms with Gasteiger partial charge in [-0.15, -0.1) is 0 Å². The van der Waals surface area contributed by atoms with Crippen molar-refractivity contribution >= 4 is 34.1 Å². The summed E-state index contributed by atoms with van der Waals surface area (Å²) in [4.78, 5) is 19.7. The number of fused-ring (bicyclic) bond motifs is 1. The van der Waals surface area contributed by atoms with Gasteiger partial charge in [0.25, 0.3) is 5.56 Å². The van der Waals surface area contributed by atoms with E-state index in [0.717, 1.165) is 0 Å². The lowest BCUT2D eigenvalue weighted by Gasteiger charge is -2.13. The van der Waals surface area contributed by atoms with Crippen LogP contribution in [0.2, 0.25) is 10.0 Å². The zero-order valence-corrected chi connectivity index (χ0v) is 16.2. The molecule has 3 aromatic carbocycles. The van der Waals surface area contributed by atoms with E-state index >= 15 is 0 Å². The van der Waals surface area contributed by atoms with E-state index in [9.17, 15) is 4.79 Å². The average Bonchev–Trinajstić information content (AvgIpc) is 2.70. The van der Waals surface area contributed by atoms with Crippen molar-refractivity contribution < 1.29 is 9.47 Å². The van der Waals surface area contributed by atoms with E-state index in [-0.39, 0.29) is 5.56 Å². The average molecular weight is 413 g/mol. The molecule has 0 spiro atoms. The van der Waals surface area contributed by atoms with Gasteiger partial charge in [0.1, 0.15) is 11.6 Å². The van der Waals surface area contributed by atoms with Gasteiger partial charge in [0, 0.05) is 10.6 Å². The summed E-state index contributed by atoms with van der Waals surface area (Å²) in [5.74, 6) is 1.84. The number of rotatable bonds is 4. The first-order valence-electron chi connectivity index (χ1n) is 8.35. The lowest BCUT2D eigenvalue weighted by molar-refractivity contribution is 0.379. The summed E-state index contributed by atoms with van der Waals surface area (Å²) in [7, 11) is 1.53. The van der Waals surface area contributed by atoms with Crippen LogP contribution >= 0.6 is 23.2 Å². The first kappa shape index (κ1) is 18.3. The Morgan fingerprint density at radius 1 is 0.929 bits per heavy atom. The van der Waals surface area contributed by atoms with Crippen molar-refractivity contribution in [1.82, 2.24) is 9.97 Å². The smallest absolute Gasteiger partial charge is 0.259 e. The van der Waals surface area contributed by atoms with Crippen molar-refractivity contribution in [2.75, 3.05) is 7.11 Å². The van der Waals surface area contributed by atoms with Crippen LogP contribution in [0.15, 0.2) is 65.5 Å². The highest BCUT2D eigenvalue weighted by molar-refractivity contribution is 6.35. The maximum Gasteiger partial charge on any atom is 0.259 e. The molecular formula is C21H14Cl2N2O3. The predicted molar refractivity (Wildman–Crippen MR) is 111 cm³/mol. The molecular weight excluding hydrogens is 399 g/mol. The van der Waals surface area contributed by atoms with Crippen molar-refractivity contribution in [3.05, 3.63) is 81.1 Å². The molecule has 0 radical (unpaired) electrons. The summed E-state index contributed by atoms with van der Waals surface area (Å²) in [5.41, 5.74) is 1.11. The molecule has 140 valence electrons. The number of H-pyrrole nitrogens is 1. The lowest BCUT2D eigenvalue weighted by atomic mass is 10.1. The predicted octanol–water partition coefficient (Wildman–Crippen LogP) is 5.70. The normalized spacial score (nSPS) is 10.8.